The van der Waals surface area contributed by atoms with Gasteiger partial charge in [0.2, 0.25) is 0 Å². The Morgan fingerprint density at radius 3 is 3.06 bits per heavy atom. The van der Waals surface area contributed by atoms with Gasteiger partial charge in [-0.2, -0.15) is 0 Å². The van der Waals surface area contributed by atoms with Gasteiger partial charge in [-0.3, -0.25) is 4.79 Å². The highest BCUT2D eigenvalue weighted by Gasteiger charge is 2.39. The Morgan fingerprint density at radius 2 is 2.47 bits per heavy atom. The molecule has 5 heteroatoms. The van der Waals surface area contributed by atoms with E-state index in [2.05, 4.69) is 28.2 Å². The number of hydrogen-bond acceptors (Lipinski definition) is 3. The van der Waals surface area contributed by atoms with Crippen molar-refractivity contribution >= 4 is 33.2 Å². The van der Waals surface area contributed by atoms with Crippen molar-refractivity contribution in [3.63, 3.8) is 0 Å². The summed E-state index contributed by atoms with van der Waals surface area (Å²) in [6.45, 7) is 3.88. The van der Waals surface area contributed by atoms with E-state index in [-0.39, 0.29) is 11.4 Å². The maximum Gasteiger partial charge on any atom is 0.264 e. The molecule has 3 nitrogen and oxygen atoms in total. The zero-order chi connectivity index (χ0) is 12.5. The van der Waals surface area contributed by atoms with E-state index in [0.717, 1.165) is 35.3 Å². The summed E-state index contributed by atoms with van der Waals surface area (Å²) < 4.78 is 0.986. The van der Waals surface area contributed by atoms with Gasteiger partial charge < -0.3 is 10.2 Å². The summed E-state index contributed by atoms with van der Waals surface area (Å²) >= 11 is 4.90. The predicted molar refractivity (Wildman–Crippen MR) is 74.6 cm³/mol. The van der Waals surface area contributed by atoms with Crippen molar-refractivity contribution in [1.29, 1.82) is 0 Å². The largest absolute Gasteiger partial charge is 0.331 e. The Bertz CT molecular complexity index is 420. The SMILES string of the molecule is CNCC1(C)CCCN1C(=O)c1cc(Br)cs1. The van der Waals surface area contributed by atoms with E-state index in [1.807, 2.05) is 23.4 Å². The van der Waals surface area contributed by atoms with E-state index >= 15 is 0 Å². The molecule has 0 aliphatic carbocycles. The molecule has 0 spiro atoms. The molecule has 0 radical (unpaired) electrons. The molecule has 2 rings (SSSR count). The second-order valence-electron chi connectivity index (χ2n) is 4.72. The van der Waals surface area contributed by atoms with Crippen molar-refractivity contribution < 1.29 is 4.79 Å². The highest BCUT2D eigenvalue weighted by Crippen LogP contribution is 2.31. The first-order valence-corrected chi connectivity index (χ1v) is 7.45. The summed E-state index contributed by atoms with van der Waals surface area (Å²) in [5.41, 5.74) is -0.0394. The molecule has 94 valence electrons. The van der Waals surface area contributed by atoms with Gasteiger partial charge in [0.05, 0.1) is 10.4 Å². The molecule has 1 saturated heterocycles. The van der Waals surface area contributed by atoms with Crippen molar-refractivity contribution in [3.8, 4) is 0 Å². The predicted octanol–water partition coefficient (Wildman–Crippen LogP) is 2.72. The minimum absolute atomic E-state index is 0.0394. The van der Waals surface area contributed by atoms with Gasteiger partial charge in [-0.25, -0.2) is 0 Å². The first-order valence-electron chi connectivity index (χ1n) is 5.77. The molecule has 0 aromatic carbocycles. The highest BCUT2D eigenvalue weighted by molar-refractivity contribution is 9.10. The van der Waals surface area contributed by atoms with Crippen molar-refractivity contribution in [2.24, 2.45) is 0 Å². The Hall–Kier alpha value is -0.390. The monoisotopic (exact) mass is 316 g/mol. The molecule has 1 aromatic rings. The molecule has 1 atom stereocenters. The van der Waals surface area contributed by atoms with Crippen LogP contribution in [-0.4, -0.2) is 36.5 Å². The fourth-order valence-electron chi connectivity index (χ4n) is 2.49. The molecule has 1 N–H and O–H groups in total. The number of likely N-dealkylation sites (N-methyl/N-ethyl adjacent to an activating group) is 1. The number of hydrogen-bond donors (Lipinski definition) is 1. The van der Waals surface area contributed by atoms with Crippen LogP contribution in [0.4, 0.5) is 0 Å². The quantitative estimate of drug-likeness (QED) is 0.930. The molecular weight excluding hydrogens is 300 g/mol. The van der Waals surface area contributed by atoms with E-state index in [1.54, 1.807) is 0 Å². The van der Waals surface area contributed by atoms with Crippen LogP contribution in [0, 0.1) is 0 Å². The number of rotatable bonds is 3. The molecule has 0 bridgehead atoms. The van der Waals surface area contributed by atoms with Crippen LogP contribution in [0.1, 0.15) is 29.4 Å². The molecule has 1 aliphatic rings. The Balaban J connectivity index is 2.19. The molecule has 17 heavy (non-hydrogen) atoms. The summed E-state index contributed by atoms with van der Waals surface area (Å²) in [5.74, 6) is 0.163. The standard InChI is InChI=1S/C12H17BrN2OS/c1-12(8-14-2)4-3-5-15(12)11(16)10-6-9(13)7-17-10/h6-7,14H,3-5,8H2,1-2H3. The van der Waals surface area contributed by atoms with E-state index in [4.69, 9.17) is 0 Å². The van der Waals surface area contributed by atoms with Crippen molar-refractivity contribution in [2.45, 2.75) is 25.3 Å². The second-order valence-corrected chi connectivity index (χ2v) is 6.54. The van der Waals surface area contributed by atoms with Crippen molar-refractivity contribution in [3.05, 3.63) is 20.8 Å². The van der Waals surface area contributed by atoms with Crippen LogP contribution in [0.25, 0.3) is 0 Å². The fourth-order valence-corrected chi connectivity index (χ4v) is 3.87. The number of amides is 1. The van der Waals surface area contributed by atoms with Crippen LogP contribution >= 0.6 is 27.3 Å². The lowest BCUT2D eigenvalue weighted by Gasteiger charge is -2.35. The number of likely N-dealkylation sites (tertiary alicyclic amines) is 1. The van der Waals surface area contributed by atoms with Gasteiger partial charge in [0.1, 0.15) is 0 Å². The Morgan fingerprint density at radius 1 is 1.71 bits per heavy atom. The van der Waals surface area contributed by atoms with Crippen LogP contribution in [-0.2, 0) is 0 Å². The number of halogens is 1. The molecule has 1 fully saturated rings. The summed E-state index contributed by atoms with van der Waals surface area (Å²) in [4.78, 5) is 15.3. The van der Waals surface area contributed by atoms with Crippen LogP contribution < -0.4 is 5.32 Å². The van der Waals surface area contributed by atoms with Crippen molar-refractivity contribution in [1.82, 2.24) is 10.2 Å². The van der Waals surface area contributed by atoms with Crippen LogP contribution in [0.15, 0.2) is 15.9 Å². The summed E-state index contributed by atoms with van der Waals surface area (Å²) in [6, 6.07) is 1.91. The lowest BCUT2D eigenvalue weighted by molar-refractivity contribution is 0.0631. The van der Waals surface area contributed by atoms with Crippen LogP contribution in [0.5, 0.6) is 0 Å². The molecule has 1 aliphatic heterocycles. The number of nitrogens with zero attached hydrogens (tertiary/aromatic N) is 1. The number of thiophene rings is 1. The third kappa shape index (κ3) is 2.56. The smallest absolute Gasteiger partial charge is 0.264 e. The first kappa shape index (κ1) is 13.1. The van der Waals surface area contributed by atoms with Gasteiger partial charge in [0.25, 0.3) is 5.91 Å². The van der Waals surface area contributed by atoms with E-state index in [1.165, 1.54) is 11.3 Å². The topological polar surface area (TPSA) is 32.3 Å². The Kier molecular flexibility index (Phi) is 3.90. The molecule has 0 saturated carbocycles. The van der Waals surface area contributed by atoms with E-state index in [0.29, 0.717) is 0 Å². The normalized spacial score (nSPS) is 24.3. The van der Waals surface area contributed by atoms with Gasteiger partial charge in [0.15, 0.2) is 0 Å². The third-order valence-corrected chi connectivity index (χ3v) is 5.01. The summed E-state index contributed by atoms with van der Waals surface area (Å²) in [6.07, 6.45) is 2.17. The number of nitrogens with one attached hydrogen (secondary N) is 1. The lowest BCUT2D eigenvalue weighted by atomic mass is 9.99. The highest BCUT2D eigenvalue weighted by atomic mass is 79.9. The molecule has 1 unspecified atom stereocenters. The molecule has 2 heterocycles. The van der Waals surface area contributed by atoms with Gasteiger partial charge in [-0.15, -0.1) is 11.3 Å². The van der Waals surface area contributed by atoms with Gasteiger partial charge in [-0.1, -0.05) is 0 Å². The van der Waals surface area contributed by atoms with Gasteiger partial charge in [-0.05, 0) is 48.8 Å². The van der Waals surface area contributed by atoms with E-state index in [9.17, 15) is 4.79 Å². The summed E-state index contributed by atoms with van der Waals surface area (Å²) in [7, 11) is 1.94. The summed E-state index contributed by atoms with van der Waals surface area (Å²) in [5, 5.41) is 5.15. The molecule has 1 aromatic heterocycles. The molecular formula is C12H17BrN2OS. The minimum atomic E-state index is -0.0394. The van der Waals surface area contributed by atoms with Crippen LogP contribution in [0.2, 0.25) is 0 Å². The van der Waals surface area contributed by atoms with Gasteiger partial charge >= 0.3 is 0 Å². The average Bonchev–Trinajstić information content (AvgIpc) is 2.85. The molecule has 1 amide bonds. The zero-order valence-corrected chi connectivity index (χ0v) is 12.5. The Labute approximate surface area is 114 Å². The zero-order valence-electron chi connectivity index (χ0n) is 10.1. The lowest BCUT2D eigenvalue weighted by Crippen LogP contribution is -2.50. The van der Waals surface area contributed by atoms with Gasteiger partial charge in [0, 0.05) is 22.9 Å². The minimum Gasteiger partial charge on any atom is -0.331 e. The second kappa shape index (κ2) is 5.08. The fraction of sp³-hybridized carbons (Fsp3) is 0.583. The number of carbonyl (C=O) groups is 1. The van der Waals surface area contributed by atoms with Crippen molar-refractivity contribution in [2.75, 3.05) is 20.1 Å². The average molecular weight is 317 g/mol. The number of carbonyl (C=O) groups excluding carboxylic acids is 1. The third-order valence-electron chi connectivity index (χ3n) is 3.33. The van der Waals surface area contributed by atoms with Crippen LogP contribution in [0.3, 0.4) is 0 Å². The first-order chi connectivity index (χ1) is 8.07. The maximum absolute atomic E-state index is 12.4. The van der Waals surface area contributed by atoms with E-state index < -0.39 is 0 Å². The maximum atomic E-state index is 12.4.